The highest BCUT2D eigenvalue weighted by Gasteiger charge is 2.08. The lowest BCUT2D eigenvalue weighted by Crippen LogP contribution is -2.31. The highest BCUT2D eigenvalue weighted by atomic mass is 35.5. The van der Waals surface area contributed by atoms with Gasteiger partial charge in [-0.2, -0.15) is 0 Å². The van der Waals surface area contributed by atoms with E-state index in [1.54, 1.807) is 0 Å². The highest BCUT2D eigenvalue weighted by molar-refractivity contribution is 6.30. The Hall–Kier alpha value is -0.530. The topological polar surface area (TPSA) is 12.0 Å². The second-order valence-corrected chi connectivity index (χ2v) is 6.12. The molecule has 1 N–H and O–H groups in total. The standard InChI is InChI=1S/C18H30ClN/c1-3-5-6-7-8-12-18(20-13-4-2)15-16-10-9-11-17(19)14-16/h9-11,14,18,20H,3-8,12-13,15H2,1-2H3. The van der Waals surface area contributed by atoms with E-state index < -0.39 is 0 Å². The molecule has 2 heteroatoms. The van der Waals surface area contributed by atoms with E-state index in [0.717, 1.165) is 18.0 Å². The van der Waals surface area contributed by atoms with Gasteiger partial charge in [0.1, 0.15) is 0 Å². The number of benzene rings is 1. The Kier molecular flexibility index (Phi) is 9.78. The SMILES string of the molecule is CCCCCCCC(Cc1cccc(Cl)c1)NCCC. The lowest BCUT2D eigenvalue weighted by Gasteiger charge is -2.19. The third-order valence-corrected chi connectivity index (χ3v) is 3.95. The van der Waals surface area contributed by atoms with Crippen LogP contribution in [0.1, 0.15) is 64.4 Å². The third kappa shape index (κ3) is 7.91. The molecule has 1 aromatic carbocycles. The first-order valence-electron chi connectivity index (χ1n) is 8.24. The van der Waals surface area contributed by atoms with E-state index in [0.29, 0.717) is 6.04 Å². The van der Waals surface area contributed by atoms with Gasteiger partial charge < -0.3 is 5.32 Å². The number of hydrogen-bond acceptors (Lipinski definition) is 1. The number of unbranched alkanes of at least 4 members (excludes halogenated alkanes) is 4. The summed E-state index contributed by atoms with van der Waals surface area (Å²) in [7, 11) is 0. The fourth-order valence-electron chi connectivity index (χ4n) is 2.57. The molecule has 0 spiro atoms. The van der Waals surface area contributed by atoms with Crippen molar-refractivity contribution in [1.29, 1.82) is 0 Å². The predicted octanol–water partition coefficient (Wildman–Crippen LogP) is 5.61. The summed E-state index contributed by atoms with van der Waals surface area (Å²) in [5, 5.41) is 4.53. The Labute approximate surface area is 130 Å². The molecule has 0 heterocycles. The van der Waals surface area contributed by atoms with Crippen LogP contribution in [0.25, 0.3) is 0 Å². The van der Waals surface area contributed by atoms with Crippen LogP contribution in [0.5, 0.6) is 0 Å². The summed E-state index contributed by atoms with van der Waals surface area (Å²) in [6.45, 7) is 5.61. The second kappa shape index (κ2) is 11.2. The molecule has 0 aliphatic heterocycles. The van der Waals surface area contributed by atoms with Crippen LogP contribution in [0.3, 0.4) is 0 Å². The largest absolute Gasteiger partial charge is 0.314 e. The Morgan fingerprint density at radius 1 is 1.05 bits per heavy atom. The van der Waals surface area contributed by atoms with E-state index in [-0.39, 0.29) is 0 Å². The van der Waals surface area contributed by atoms with Crippen molar-refractivity contribution >= 4 is 11.6 Å². The van der Waals surface area contributed by atoms with Crippen molar-refractivity contribution in [3.8, 4) is 0 Å². The first-order chi connectivity index (χ1) is 9.76. The van der Waals surface area contributed by atoms with Crippen LogP contribution in [0.15, 0.2) is 24.3 Å². The summed E-state index contributed by atoms with van der Waals surface area (Å²) in [5.41, 5.74) is 1.35. The van der Waals surface area contributed by atoms with Gasteiger partial charge >= 0.3 is 0 Å². The van der Waals surface area contributed by atoms with E-state index in [2.05, 4.69) is 37.4 Å². The zero-order chi connectivity index (χ0) is 14.6. The van der Waals surface area contributed by atoms with E-state index in [1.165, 1.54) is 50.5 Å². The smallest absolute Gasteiger partial charge is 0.0408 e. The molecule has 1 rings (SSSR count). The minimum absolute atomic E-state index is 0.593. The molecule has 0 amide bonds. The summed E-state index contributed by atoms with van der Waals surface area (Å²) in [6.07, 6.45) is 10.3. The lowest BCUT2D eigenvalue weighted by atomic mass is 9.99. The Morgan fingerprint density at radius 3 is 2.55 bits per heavy atom. The van der Waals surface area contributed by atoms with Gasteiger partial charge in [0.15, 0.2) is 0 Å². The van der Waals surface area contributed by atoms with E-state index in [1.807, 2.05) is 6.07 Å². The molecule has 0 aliphatic carbocycles. The second-order valence-electron chi connectivity index (χ2n) is 5.69. The van der Waals surface area contributed by atoms with E-state index >= 15 is 0 Å². The summed E-state index contributed by atoms with van der Waals surface area (Å²) in [6, 6.07) is 8.87. The highest BCUT2D eigenvalue weighted by Crippen LogP contribution is 2.15. The van der Waals surface area contributed by atoms with Crippen LogP contribution in [0.2, 0.25) is 5.02 Å². The molecule has 0 fully saturated rings. The van der Waals surface area contributed by atoms with Gasteiger partial charge in [0.05, 0.1) is 0 Å². The zero-order valence-corrected chi connectivity index (χ0v) is 13.9. The monoisotopic (exact) mass is 295 g/mol. The average molecular weight is 296 g/mol. The van der Waals surface area contributed by atoms with Crippen molar-refractivity contribution < 1.29 is 0 Å². The van der Waals surface area contributed by atoms with Crippen molar-refractivity contribution in [3.05, 3.63) is 34.9 Å². The van der Waals surface area contributed by atoms with Gasteiger partial charge in [-0.05, 0) is 43.5 Å². The number of rotatable bonds is 11. The van der Waals surface area contributed by atoms with Gasteiger partial charge in [-0.15, -0.1) is 0 Å². The van der Waals surface area contributed by atoms with Crippen LogP contribution >= 0.6 is 11.6 Å². The molecule has 1 unspecified atom stereocenters. The average Bonchev–Trinajstić information content (AvgIpc) is 2.44. The molecule has 1 nitrogen and oxygen atoms in total. The van der Waals surface area contributed by atoms with Crippen LogP contribution < -0.4 is 5.32 Å². The molecule has 114 valence electrons. The van der Waals surface area contributed by atoms with Gasteiger partial charge in [0, 0.05) is 11.1 Å². The van der Waals surface area contributed by atoms with Gasteiger partial charge in [0.2, 0.25) is 0 Å². The number of nitrogens with one attached hydrogen (secondary N) is 1. The molecule has 0 radical (unpaired) electrons. The maximum absolute atomic E-state index is 6.07. The van der Waals surface area contributed by atoms with E-state index in [9.17, 15) is 0 Å². The summed E-state index contributed by atoms with van der Waals surface area (Å²) < 4.78 is 0. The normalized spacial score (nSPS) is 12.6. The van der Waals surface area contributed by atoms with E-state index in [4.69, 9.17) is 11.6 Å². The molecule has 20 heavy (non-hydrogen) atoms. The first-order valence-corrected chi connectivity index (χ1v) is 8.61. The molecule has 1 aromatic rings. The van der Waals surface area contributed by atoms with Crippen molar-refractivity contribution in [2.75, 3.05) is 6.54 Å². The fourth-order valence-corrected chi connectivity index (χ4v) is 2.78. The molecule has 0 bridgehead atoms. The van der Waals surface area contributed by atoms with Crippen molar-refractivity contribution in [1.82, 2.24) is 5.32 Å². The molecular formula is C18H30ClN. The minimum atomic E-state index is 0.593. The van der Waals surface area contributed by atoms with Crippen molar-refractivity contribution in [2.24, 2.45) is 0 Å². The third-order valence-electron chi connectivity index (χ3n) is 3.71. The van der Waals surface area contributed by atoms with Crippen LogP contribution in [0.4, 0.5) is 0 Å². The van der Waals surface area contributed by atoms with Gasteiger partial charge in [-0.1, -0.05) is 69.7 Å². The first kappa shape index (κ1) is 17.5. The predicted molar refractivity (Wildman–Crippen MR) is 90.6 cm³/mol. The van der Waals surface area contributed by atoms with Crippen molar-refractivity contribution in [3.63, 3.8) is 0 Å². The molecule has 0 aromatic heterocycles. The maximum Gasteiger partial charge on any atom is 0.0408 e. The van der Waals surface area contributed by atoms with Gasteiger partial charge in [-0.25, -0.2) is 0 Å². The Balaban J connectivity index is 2.38. The van der Waals surface area contributed by atoms with Crippen LogP contribution in [0, 0.1) is 0 Å². The molecular weight excluding hydrogens is 266 g/mol. The lowest BCUT2D eigenvalue weighted by molar-refractivity contribution is 0.451. The Bertz CT molecular complexity index is 351. The molecule has 1 atom stereocenters. The summed E-state index contributed by atoms with van der Waals surface area (Å²) in [5.74, 6) is 0. The summed E-state index contributed by atoms with van der Waals surface area (Å²) in [4.78, 5) is 0. The van der Waals surface area contributed by atoms with Crippen LogP contribution in [-0.4, -0.2) is 12.6 Å². The minimum Gasteiger partial charge on any atom is -0.314 e. The van der Waals surface area contributed by atoms with Gasteiger partial charge in [-0.3, -0.25) is 0 Å². The molecule has 0 saturated heterocycles. The van der Waals surface area contributed by atoms with Crippen LogP contribution in [-0.2, 0) is 6.42 Å². The van der Waals surface area contributed by atoms with Crippen molar-refractivity contribution in [2.45, 2.75) is 71.3 Å². The number of hydrogen-bond donors (Lipinski definition) is 1. The van der Waals surface area contributed by atoms with Gasteiger partial charge in [0.25, 0.3) is 0 Å². The Morgan fingerprint density at radius 2 is 1.85 bits per heavy atom. The summed E-state index contributed by atoms with van der Waals surface area (Å²) >= 11 is 6.07. The molecule has 0 aliphatic rings. The fraction of sp³-hybridized carbons (Fsp3) is 0.667. The number of halogens is 1. The zero-order valence-electron chi connectivity index (χ0n) is 13.1. The molecule has 0 saturated carbocycles. The quantitative estimate of drug-likeness (QED) is 0.523. The maximum atomic E-state index is 6.07.